The van der Waals surface area contributed by atoms with Crippen molar-refractivity contribution in [1.29, 1.82) is 0 Å². The van der Waals surface area contributed by atoms with Gasteiger partial charge in [0, 0.05) is 12.6 Å². The fraction of sp³-hybridized carbons (Fsp3) is 0.647. The SMILES string of the molecule is CCCC(CCO)CNC(c1ccccc1)C(C)C. The highest BCUT2D eigenvalue weighted by Crippen LogP contribution is 2.22. The van der Waals surface area contributed by atoms with Crippen molar-refractivity contribution in [3.05, 3.63) is 35.9 Å². The van der Waals surface area contributed by atoms with Crippen molar-refractivity contribution >= 4 is 0 Å². The van der Waals surface area contributed by atoms with Crippen LogP contribution in [0.3, 0.4) is 0 Å². The zero-order valence-electron chi connectivity index (χ0n) is 12.6. The highest BCUT2D eigenvalue weighted by atomic mass is 16.3. The summed E-state index contributed by atoms with van der Waals surface area (Å²) in [7, 11) is 0. The summed E-state index contributed by atoms with van der Waals surface area (Å²) in [6.45, 7) is 8.01. The van der Waals surface area contributed by atoms with Gasteiger partial charge in [-0.2, -0.15) is 0 Å². The molecule has 2 N–H and O–H groups in total. The van der Waals surface area contributed by atoms with Crippen molar-refractivity contribution in [2.75, 3.05) is 13.2 Å². The maximum atomic E-state index is 9.13. The molecule has 0 bridgehead atoms. The number of benzene rings is 1. The molecule has 0 radical (unpaired) electrons. The summed E-state index contributed by atoms with van der Waals surface area (Å²) in [5.74, 6) is 1.15. The highest BCUT2D eigenvalue weighted by molar-refractivity contribution is 5.19. The Morgan fingerprint density at radius 1 is 1.11 bits per heavy atom. The van der Waals surface area contributed by atoms with Crippen molar-refractivity contribution < 1.29 is 5.11 Å². The van der Waals surface area contributed by atoms with Gasteiger partial charge in [-0.3, -0.25) is 0 Å². The Labute approximate surface area is 118 Å². The summed E-state index contributed by atoms with van der Waals surface area (Å²) in [6, 6.07) is 11.1. The molecule has 0 aliphatic carbocycles. The van der Waals surface area contributed by atoms with E-state index >= 15 is 0 Å². The van der Waals surface area contributed by atoms with E-state index in [9.17, 15) is 0 Å². The quantitative estimate of drug-likeness (QED) is 0.711. The minimum Gasteiger partial charge on any atom is -0.396 e. The smallest absolute Gasteiger partial charge is 0.0434 e. The van der Waals surface area contributed by atoms with Crippen molar-refractivity contribution in [3.8, 4) is 0 Å². The van der Waals surface area contributed by atoms with Crippen LogP contribution in [0.4, 0.5) is 0 Å². The summed E-state index contributed by atoms with van der Waals surface area (Å²) in [5, 5.41) is 12.8. The third-order valence-corrected chi connectivity index (χ3v) is 3.69. The summed E-state index contributed by atoms with van der Waals surface area (Å²) in [5.41, 5.74) is 1.36. The Hall–Kier alpha value is -0.860. The zero-order valence-corrected chi connectivity index (χ0v) is 12.6. The second kappa shape index (κ2) is 9.11. The molecule has 0 fully saturated rings. The lowest BCUT2D eigenvalue weighted by Gasteiger charge is -2.26. The van der Waals surface area contributed by atoms with E-state index in [0.717, 1.165) is 13.0 Å². The van der Waals surface area contributed by atoms with Gasteiger partial charge in [0.2, 0.25) is 0 Å². The van der Waals surface area contributed by atoms with Crippen LogP contribution >= 0.6 is 0 Å². The second-order valence-corrected chi connectivity index (χ2v) is 5.71. The number of hydrogen-bond donors (Lipinski definition) is 2. The minimum absolute atomic E-state index is 0.296. The molecule has 0 aliphatic heterocycles. The highest BCUT2D eigenvalue weighted by Gasteiger charge is 2.16. The number of nitrogens with one attached hydrogen (secondary N) is 1. The van der Waals surface area contributed by atoms with Crippen LogP contribution in [0.5, 0.6) is 0 Å². The van der Waals surface area contributed by atoms with Gasteiger partial charge in [-0.05, 0) is 36.8 Å². The van der Waals surface area contributed by atoms with Gasteiger partial charge >= 0.3 is 0 Å². The van der Waals surface area contributed by atoms with E-state index in [-0.39, 0.29) is 0 Å². The van der Waals surface area contributed by atoms with Gasteiger partial charge in [0.15, 0.2) is 0 Å². The van der Waals surface area contributed by atoms with Crippen LogP contribution in [-0.2, 0) is 0 Å². The molecule has 2 nitrogen and oxygen atoms in total. The van der Waals surface area contributed by atoms with Gasteiger partial charge in [-0.15, -0.1) is 0 Å². The number of aliphatic hydroxyl groups is 1. The Bertz CT molecular complexity index is 317. The Kier molecular flexibility index (Phi) is 7.76. The van der Waals surface area contributed by atoms with E-state index in [4.69, 9.17) is 5.11 Å². The molecule has 0 amide bonds. The molecule has 0 spiro atoms. The molecule has 0 saturated carbocycles. The lowest BCUT2D eigenvalue weighted by Crippen LogP contribution is -2.31. The molecule has 19 heavy (non-hydrogen) atoms. The predicted molar refractivity (Wildman–Crippen MR) is 82.1 cm³/mol. The lowest BCUT2D eigenvalue weighted by atomic mass is 9.94. The predicted octanol–water partition coefficient (Wildman–Crippen LogP) is 3.77. The van der Waals surface area contributed by atoms with Gasteiger partial charge in [-0.1, -0.05) is 57.5 Å². The fourth-order valence-electron chi connectivity index (χ4n) is 2.63. The van der Waals surface area contributed by atoms with Gasteiger partial charge < -0.3 is 10.4 Å². The molecule has 0 saturated heterocycles. The maximum Gasteiger partial charge on any atom is 0.0434 e. The van der Waals surface area contributed by atoms with Crippen LogP contribution in [0.15, 0.2) is 30.3 Å². The number of rotatable bonds is 9. The standard InChI is InChI=1S/C17H29NO/c1-4-8-15(11-12-19)13-18-17(14(2)3)16-9-6-5-7-10-16/h5-7,9-10,14-15,17-19H,4,8,11-13H2,1-3H3. The lowest BCUT2D eigenvalue weighted by molar-refractivity contribution is 0.241. The molecule has 1 aromatic carbocycles. The van der Waals surface area contributed by atoms with E-state index in [1.807, 2.05) is 0 Å². The van der Waals surface area contributed by atoms with E-state index in [2.05, 4.69) is 56.4 Å². The van der Waals surface area contributed by atoms with Gasteiger partial charge in [-0.25, -0.2) is 0 Å². The molecule has 1 aromatic rings. The largest absolute Gasteiger partial charge is 0.396 e. The molecule has 1 rings (SSSR count). The molecule has 0 aromatic heterocycles. The van der Waals surface area contributed by atoms with Crippen molar-refractivity contribution in [1.82, 2.24) is 5.32 Å². The summed E-state index contributed by atoms with van der Waals surface area (Å²) in [4.78, 5) is 0. The topological polar surface area (TPSA) is 32.3 Å². The van der Waals surface area contributed by atoms with E-state index in [0.29, 0.717) is 24.5 Å². The van der Waals surface area contributed by atoms with Crippen LogP contribution in [0, 0.1) is 11.8 Å². The average molecular weight is 263 g/mol. The van der Waals surface area contributed by atoms with Crippen molar-refractivity contribution in [2.24, 2.45) is 11.8 Å². The Morgan fingerprint density at radius 3 is 2.32 bits per heavy atom. The average Bonchev–Trinajstić information content (AvgIpc) is 2.40. The summed E-state index contributed by atoms with van der Waals surface area (Å²) in [6.07, 6.45) is 3.28. The van der Waals surface area contributed by atoms with Crippen LogP contribution in [0.2, 0.25) is 0 Å². The van der Waals surface area contributed by atoms with E-state index in [1.54, 1.807) is 0 Å². The number of aliphatic hydroxyl groups excluding tert-OH is 1. The van der Waals surface area contributed by atoms with Crippen molar-refractivity contribution in [3.63, 3.8) is 0 Å². The molecule has 2 heteroatoms. The third kappa shape index (κ3) is 5.75. The Morgan fingerprint density at radius 2 is 1.79 bits per heavy atom. The summed E-state index contributed by atoms with van der Waals surface area (Å²) >= 11 is 0. The Balaban J connectivity index is 2.59. The minimum atomic E-state index is 0.296. The number of hydrogen-bond acceptors (Lipinski definition) is 2. The first-order valence-electron chi connectivity index (χ1n) is 7.58. The van der Waals surface area contributed by atoms with Gasteiger partial charge in [0.05, 0.1) is 0 Å². The third-order valence-electron chi connectivity index (χ3n) is 3.69. The second-order valence-electron chi connectivity index (χ2n) is 5.71. The fourth-order valence-corrected chi connectivity index (χ4v) is 2.63. The molecule has 2 atom stereocenters. The monoisotopic (exact) mass is 263 g/mol. The molecule has 0 heterocycles. The van der Waals surface area contributed by atoms with E-state index < -0.39 is 0 Å². The first-order valence-corrected chi connectivity index (χ1v) is 7.58. The first-order chi connectivity index (χ1) is 9.19. The van der Waals surface area contributed by atoms with Gasteiger partial charge in [0.25, 0.3) is 0 Å². The maximum absolute atomic E-state index is 9.13. The van der Waals surface area contributed by atoms with Crippen LogP contribution in [0.25, 0.3) is 0 Å². The normalized spacial score (nSPS) is 14.6. The first kappa shape index (κ1) is 16.2. The van der Waals surface area contributed by atoms with E-state index in [1.165, 1.54) is 18.4 Å². The van der Waals surface area contributed by atoms with Crippen LogP contribution < -0.4 is 5.32 Å². The summed E-state index contributed by atoms with van der Waals surface area (Å²) < 4.78 is 0. The molecular weight excluding hydrogens is 234 g/mol. The van der Waals surface area contributed by atoms with Crippen molar-refractivity contribution in [2.45, 2.75) is 46.1 Å². The molecule has 2 unspecified atom stereocenters. The molecular formula is C17H29NO. The molecule has 108 valence electrons. The molecule has 0 aliphatic rings. The van der Waals surface area contributed by atoms with Gasteiger partial charge in [0.1, 0.15) is 0 Å². The van der Waals surface area contributed by atoms with Crippen LogP contribution in [0.1, 0.15) is 51.6 Å². The zero-order chi connectivity index (χ0) is 14.1. The van der Waals surface area contributed by atoms with Crippen LogP contribution in [-0.4, -0.2) is 18.3 Å².